The van der Waals surface area contributed by atoms with Crippen molar-refractivity contribution in [2.24, 2.45) is 5.92 Å². The van der Waals surface area contributed by atoms with Gasteiger partial charge in [0.2, 0.25) is 5.91 Å². The highest BCUT2D eigenvalue weighted by Gasteiger charge is 2.26. The van der Waals surface area contributed by atoms with Crippen LogP contribution in [-0.2, 0) is 4.79 Å². The van der Waals surface area contributed by atoms with Crippen LogP contribution in [0, 0.1) is 12.8 Å². The molecule has 1 fully saturated rings. The van der Waals surface area contributed by atoms with Gasteiger partial charge in [0.05, 0.1) is 5.69 Å². The second kappa shape index (κ2) is 7.48. The maximum atomic E-state index is 12.6. The van der Waals surface area contributed by atoms with Gasteiger partial charge in [-0.25, -0.2) is 15.0 Å². The SMILES string of the molecule is Cc1ccc(N2CCC(C(=O)Nc3cc(-n4ccnc4)ncn3)CC2)nn1. The molecule has 1 aliphatic rings. The van der Waals surface area contributed by atoms with Crippen LogP contribution < -0.4 is 10.2 Å². The summed E-state index contributed by atoms with van der Waals surface area (Å²) in [5.41, 5.74) is 0.896. The summed E-state index contributed by atoms with van der Waals surface area (Å²) in [4.78, 5) is 27.1. The minimum atomic E-state index is -0.0497. The van der Waals surface area contributed by atoms with Gasteiger partial charge in [0.25, 0.3) is 0 Å². The number of hydrogen-bond donors (Lipinski definition) is 1. The lowest BCUT2D eigenvalue weighted by atomic mass is 9.96. The summed E-state index contributed by atoms with van der Waals surface area (Å²) in [6.45, 7) is 3.47. The molecule has 9 nitrogen and oxygen atoms in total. The third-order valence-electron chi connectivity index (χ3n) is 4.65. The minimum absolute atomic E-state index is 0.0140. The molecule has 1 amide bonds. The van der Waals surface area contributed by atoms with Gasteiger partial charge in [-0.2, -0.15) is 5.10 Å². The number of nitrogens with zero attached hydrogens (tertiary/aromatic N) is 7. The number of aromatic nitrogens is 6. The number of amides is 1. The molecule has 0 spiro atoms. The predicted octanol–water partition coefficient (Wildman–Crippen LogP) is 1.62. The molecule has 0 radical (unpaired) electrons. The Morgan fingerprint density at radius 3 is 2.70 bits per heavy atom. The molecule has 0 aliphatic carbocycles. The average molecular weight is 364 g/mol. The largest absolute Gasteiger partial charge is 0.355 e. The Morgan fingerprint density at radius 2 is 2.00 bits per heavy atom. The highest BCUT2D eigenvalue weighted by molar-refractivity contribution is 5.92. The molecule has 1 N–H and O–H groups in total. The van der Waals surface area contributed by atoms with Crippen LogP contribution in [0.5, 0.6) is 0 Å². The van der Waals surface area contributed by atoms with E-state index in [9.17, 15) is 4.79 Å². The van der Waals surface area contributed by atoms with E-state index in [0.29, 0.717) is 11.6 Å². The van der Waals surface area contributed by atoms with Crippen molar-refractivity contribution in [1.29, 1.82) is 0 Å². The van der Waals surface area contributed by atoms with Crippen molar-refractivity contribution in [3.05, 3.63) is 48.9 Å². The van der Waals surface area contributed by atoms with Crippen LogP contribution in [0.1, 0.15) is 18.5 Å². The number of aryl methyl sites for hydroxylation is 1. The molecule has 0 saturated carbocycles. The molecule has 1 saturated heterocycles. The standard InChI is InChI=1S/C18H20N8O/c1-13-2-3-16(24-23-13)25-7-4-14(5-8-25)18(27)22-15-10-17(21-11-20-15)26-9-6-19-12-26/h2-3,6,9-12,14H,4-5,7-8H2,1H3,(H,20,21,22,27). The van der Waals surface area contributed by atoms with E-state index >= 15 is 0 Å². The number of imidazole rings is 1. The van der Waals surface area contributed by atoms with Gasteiger partial charge >= 0.3 is 0 Å². The van der Waals surface area contributed by atoms with Gasteiger partial charge in [-0.15, -0.1) is 5.10 Å². The molecule has 0 bridgehead atoms. The topological polar surface area (TPSA) is 102 Å². The molecule has 0 atom stereocenters. The van der Waals surface area contributed by atoms with Crippen LogP contribution in [0.25, 0.3) is 5.82 Å². The number of nitrogens with one attached hydrogen (secondary N) is 1. The van der Waals surface area contributed by atoms with Gasteiger partial charge in [-0.05, 0) is 31.9 Å². The zero-order valence-electron chi connectivity index (χ0n) is 15.0. The lowest BCUT2D eigenvalue weighted by Crippen LogP contribution is -2.38. The van der Waals surface area contributed by atoms with E-state index in [4.69, 9.17) is 0 Å². The average Bonchev–Trinajstić information content (AvgIpc) is 3.24. The molecule has 4 heterocycles. The molecule has 27 heavy (non-hydrogen) atoms. The van der Waals surface area contributed by atoms with E-state index in [-0.39, 0.29) is 11.8 Å². The lowest BCUT2D eigenvalue weighted by Gasteiger charge is -2.31. The van der Waals surface area contributed by atoms with Crippen LogP contribution in [-0.4, -0.2) is 48.7 Å². The van der Waals surface area contributed by atoms with Crippen molar-refractivity contribution in [3.8, 4) is 5.82 Å². The summed E-state index contributed by atoms with van der Waals surface area (Å²) in [6.07, 6.45) is 8.08. The molecule has 4 rings (SSSR count). The van der Waals surface area contributed by atoms with Gasteiger partial charge in [0.15, 0.2) is 5.82 Å². The maximum Gasteiger partial charge on any atom is 0.228 e. The highest BCUT2D eigenvalue weighted by atomic mass is 16.1. The van der Waals surface area contributed by atoms with Crippen molar-refractivity contribution in [2.45, 2.75) is 19.8 Å². The summed E-state index contributed by atoms with van der Waals surface area (Å²) in [6, 6.07) is 5.66. The Balaban J connectivity index is 1.36. The third-order valence-corrected chi connectivity index (χ3v) is 4.65. The second-order valence-corrected chi connectivity index (χ2v) is 6.51. The van der Waals surface area contributed by atoms with Crippen LogP contribution >= 0.6 is 0 Å². The number of carbonyl (C=O) groups excluding carboxylic acids is 1. The van der Waals surface area contributed by atoms with Gasteiger partial charge in [0, 0.05) is 37.5 Å². The van der Waals surface area contributed by atoms with Crippen molar-refractivity contribution < 1.29 is 4.79 Å². The first kappa shape index (κ1) is 17.1. The van der Waals surface area contributed by atoms with Crippen molar-refractivity contribution in [3.63, 3.8) is 0 Å². The summed E-state index contributed by atoms with van der Waals surface area (Å²) >= 11 is 0. The van der Waals surface area contributed by atoms with Gasteiger partial charge in [-0.3, -0.25) is 9.36 Å². The molecule has 0 aromatic carbocycles. The summed E-state index contributed by atoms with van der Waals surface area (Å²) < 4.78 is 1.76. The second-order valence-electron chi connectivity index (χ2n) is 6.51. The van der Waals surface area contributed by atoms with E-state index in [1.807, 2.05) is 19.1 Å². The molecule has 9 heteroatoms. The first-order chi connectivity index (χ1) is 13.2. The first-order valence-corrected chi connectivity index (χ1v) is 8.85. The van der Waals surface area contributed by atoms with Gasteiger partial charge in [-0.1, -0.05) is 0 Å². The zero-order valence-corrected chi connectivity index (χ0v) is 15.0. The van der Waals surface area contributed by atoms with Crippen LogP contribution in [0.2, 0.25) is 0 Å². The maximum absolute atomic E-state index is 12.6. The first-order valence-electron chi connectivity index (χ1n) is 8.85. The minimum Gasteiger partial charge on any atom is -0.355 e. The summed E-state index contributed by atoms with van der Waals surface area (Å²) in [5, 5.41) is 11.2. The molecule has 3 aromatic rings. The normalized spacial score (nSPS) is 14.9. The van der Waals surface area contributed by atoms with Crippen LogP contribution in [0.3, 0.4) is 0 Å². The Kier molecular flexibility index (Phi) is 4.73. The molecule has 1 aliphatic heterocycles. The van der Waals surface area contributed by atoms with Crippen LogP contribution in [0.4, 0.5) is 11.6 Å². The Hall–Kier alpha value is -3.36. The Morgan fingerprint density at radius 1 is 1.15 bits per heavy atom. The summed E-state index contributed by atoms with van der Waals surface area (Å²) in [7, 11) is 0. The fourth-order valence-corrected chi connectivity index (χ4v) is 3.11. The molecular formula is C18H20N8O. The number of piperidine rings is 1. The monoisotopic (exact) mass is 364 g/mol. The van der Waals surface area contributed by atoms with E-state index in [2.05, 4.69) is 35.4 Å². The van der Waals surface area contributed by atoms with Crippen molar-refractivity contribution in [2.75, 3.05) is 23.3 Å². The molecule has 138 valence electrons. The van der Waals surface area contributed by atoms with E-state index in [0.717, 1.165) is 37.4 Å². The predicted molar refractivity (Wildman–Crippen MR) is 99.5 cm³/mol. The number of anilines is 2. The Bertz CT molecular complexity index is 901. The molecule has 0 unspecified atom stereocenters. The lowest BCUT2D eigenvalue weighted by molar-refractivity contribution is -0.120. The smallest absolute Gasteiger partial charge is 0.228 e. The number of rotatable bonds is 4. The van der Waals surface area contributed by atoms with Crippen molar-refractivity contribution in [1.82, 2.24) is 29.7 Å². The fraction of sp³-hybridized carbons (Fsp3) is 0.333. The molecular weight excluding hydrogens is 344 g/mol. The highest BCUT2D eigenvalue weighted by Crippen LogP contribution is 2.22. The van der Waals surface area contributed by atoms with Crippen LogP contribution in [0.15, 0.2) is 43.2 Å². The van der Waals surface area contributed by atoms with E-state index in [1.165, 1.54) is 6.33 Å². The van der Waals surface area contributed by atoms with Gasteiger partial charge < -0.3 is 10.2 Å². The summed E-state index contributed by atoms with van der Waals surface area (Å²) in [5.74, 6) is 1.95. The number of carbonyl (C=O) groups is 1. The molecule has 3 aromatic heterocycles. The fourth-order valence-electron chi connectivity index (χ4n) is 3.11. The van der Waals surface area contributed by atoms with Crippen molar-refractivity contribution >= 4 is 17.5 Å². The third kappa shape index (κ3) is 3.91. The zero-order chi connectivity index (χ0) is 18.6. The Labute approximate surface area is 156 Å². The number of hydrogen-bond acceptors (Lipinski definition) is 7. The van der Waals surface area contributed by atoms with E-state index in [1.54, 1.807) is 29.4 Å². The van der Waals surface area contributed by atoms with E-state index < -0.39 is 0 Å². The van der Waals surface area contributed by atoms with Gasteiger partial charge in [0.1, 0.15) is 24.3 Å². The quantitative estimate of drug-likeness (QED) is 0.750.